The van der Waals surface area contributed by atoms with Gasteiger partial charge in [0.25, 0.3) is 5.24 Å². The first kappa shape index (κ1) is 8.74. The van der Waals surface area contributed by atoms with E-state index in [2.05, 4.69) is 0 Å². The summed E-state index contributed by atoms with van der Waals surface area (Å²) >= 11 is 5.15. The molecule has 0 aromatic heterocycles. The maximum atomic E-state index is 10.6. The Balaban J connectivity index is 3.12. The lowest BCUT2D eigenvalue weighted by Gasteiger charge is -1.95. The molecular weight excluding hydrogens is 180 g/mol. The highest BCUT2D eigenvalue weighted by Gasteiger charge is 2.06. The fourth-order valence-corrected chi connectivity index (χ4v) is 0.892. The van der Waals surface area contributed by atoms with Crippen LogP contribution >= 0.6 is 11.6 Å². The molecule has 1 rings (SSSR count). The standard InChI is InChI=1S/C8H5ClO3/c9-7(10)5-2-1-3-6(4-5)8(11)12/h1-4H,(H,11,12). The van der Waals surface area contributed by atoms with Gasteiger partial charge in [0.15, 0.2) is 0 Å². The third-order valence-electron chi connectivity index (χ3n) is 1.34. The Morgan fingerprint density at radius 2 is 1.83 bits per heavy atom. The van der Waals surface area contributed by atoms with E-state index in [1.54, 1.807) is 0 Å². The summed E-state index contributed by atoms with van der Waals surface area (Å²) in [6, 6.07) is 5.56. The van der Waals surface area contributed by atoms with Crippen molar-refractivity contribution in [2.24, 2.45) is 0 Å². The minimum atomic E-state index is -1.07. The van der Waals surface area contributed by atoms with E-state index >= 15 is 0 Å². The van der Waals surface area contributed by atoms with Crippen molar-refractivity contribution in [3.05, 3.63) is 35.4 Å². The highest BCUT2D eigenvalue weighted by atomic mass is 35.5. The molecule has 12 heavy (non-hydrogen) atoms. The first-order valence-corrected chi connectivity index (χ1v) is 3.52. The maximum Gasteiger partial charge on any atom is 0.335 e. The zero-order chi connectivity index (χ0) is 9.14. The summed E-state index contributed by atoms with van der Waals surface area (Å²) in [6.45, 7) is 0. The molecular formula is C8H5ClO3. The summed E-state index contributed by atoms with van der Waals surface area (Å²) in [5.74, 6) is -1.07. The van der Waals surface area contributed by atoms with Crippen molar-refractivity contribution >= 4 is 22.8 Å². The van der Waals surface area contributed by atoms with E-state index in [-0.39, 0.29) is 11.1 Å². The summed E-state index contributed by atoms with van der Waals surface area (Å²) in [4.78, 5) is 21.0. The molecule has 0 atom stereocenters. The van der Waals surface area contributed by atoms with Crippen molar-refractivity contribution < 1.29 is 14.7 Å². The Kier molecular flexibility index (Phi) is 2.45. The van der Waals surface area contributed by atoms with Crippen molar-refractivity contribution in [3.8, 4) is 0 Å². The van der Waals surface area contributed by atoms with E-state index in [1.807, 2.05) is 0 Å². The summed E-state index contributed by atoms with van der Waals surface area (Å²) in [5.41, 5.74) is 0.248. The van der Waals surface area contributed by atoms with Crippen LogP contribution in [0.4, 0.5) is 0 Å². The third kappa shape index (κ3) is 1.83. The van der Waals surface area contributed by atoms with Crippen molar-refractivity contribution in [1.29, 1.82) is 0 Å². The van der Waals surface area contributed by atoms with E-state index in [0.717, 1.165) is 0 Å². The van der Waals surface area contributed by atoms with Crippen LogP contribution < -0.4 is 0 Å². The number of halogens is 1. The molecule has 4 heteroatoms. The van der Waals surface area contributed by atoms with Gasteiger partial charge in [-0.3, -0.25) is 4.79 Å². The number of carboxylic acids is 1. The van der Waals surface area contributed by atoms with Gasteiger partial charge in [0.2, 0.25) is 0 Å². The average Bonchev–Trinajstić information content (AvgIpc) is 2.04. The fraction of sp³-hybridized carbons (Fsp3) is 0. The number of carbonyl (C=O) groups excluding carboxylic acids is 1. The van der Waals surface area contributed by atoms with E-state index in [9.17, 15) is 9.59 Å². The molecule has 1 aromatic carbocycles. The van der Waals surface area contributed by atoms with Gasteiger partial charge in [-0.05, 0) is 23.7 Å². The lowest BCUT2D eigenvalue weighted by molar-refractivity contribution is 0.0697. The molecule has 1 aromatic rings. The Labute approximate surface area is 73.6 Å². The van der Waals surface area contributed by atoms with Crippen LogP contribution in [-0.2, 0) is 0 Å². The van der Waals surface area contributed by atoms with Crippen LogP contribution in [0, 0.1) is 0 Å². The van der Waals surface area contributed by atoms with Crippen LogP contribution in [0.5, 0.6) is 0 Å². The van der Waals surface area contributed by atoms with Crippen LogP contribution in [0.25, 0.3) is 0 Å². The molecule has 0 aliphatic carbocycles. The van der Waals surface area contributed by atoms with Gasteiger partial charge in [-0.25, -0.2) is 4.79 Å². The average molecular weight is 185 g/mol. The van der Waals surface area contributed by atoms with Crippen LogP contribution in [0.2, 0.25) is 0 Å². The molecule has 1 N–H and O–H groups in total. The zero-order valence-corrected chi connectivity index (χ0v) is 6.71. The molecule has 0 heterocycles. The Hall–Kier alpha value is -1.35. The van der Waals surface area contributed by atoms with Gasteiger partial charge in [0, 0.05) is 5.56 Å². The van der Waals surface area contributed by atoms with E-state index in [0.29, 0.717) is 0 Å². The maximum absolute atomic E-state index is 10.6. The smallest absolute Gasteiger partial charge is 0.335 e. The fourth-order valence-electron chi connectivity index (χ4n) is 0.774. The van der Waals surface area contributed by atoms with E-state index in [1.165, 1.54) is 24.3 Å². The van der Waals surface area contributed by atoms with Gasteiger partial charge in [-0.1, -0.05) is 12.1 Å². The molecule has 0 saturated heterocycles. The summed E-state index contributed by atoms with van der Waals surface area (Å²) in [5, 5.41) is 7.88. The molecule has 0 spiro atoms. The first-order chi connectivity index (χ1) is 5.61. The Morgan fingerprint density at radius 3 is 2.33 bits per heavy atom. The normalized spacial score (nSPS) is 9.42. The number of benzene rings is 1. The molecule has 0 unspecified atom stereocenters. The molecule has 0 fully saturated rings. The summed E-state index contributed by atoms with van der Waals surface area (Å²) in [6.07, 6.45) is 0. The van der Waals surface area contributed by atoms with Crippen LogP contribution in [0.1, 0.15) is 20.7 Å². The molecule has 0 amide bonds. The zero-order valence-electron chi connectivity index (χ0n) is 5.95. The predicted molar refractivity (Wildman–Crippen MR) is 43.6 cm³/mol. The van der Waals surface area contributed by atoms with Crippen molar-refractivity contribution in [3.63, 3.8) is 0 Å². The second-order valence-electron chi connectivity index (χ2n) is 2.16. The first-order valence-electron chi connectivity index (χ1n) is 3.14. The number of carbonyl (C=O) groups is 2. The topological polar surface area (TPSA) is 54.4 Å². The van der Waals surface area contributed by atoms with E-state index < -0.39 is 11.2 Å². The molecule has 3 nitrogen and oxygen atoms in total. The third-order valence-corrected chi connectivity index (χ3v) is 1.55. The monoisotopic (exact) mass is 184 g/mol. The number of rotatable bonds is 2. The molecule has 62 valence electrons. The number of aromatic carboxylic acids is 1. The van der Waals surface area contributed by atoms with E-state index in [4.69, 9.17) is 16.7 Å². The lowest BCUT2D eigenvalue weighted by Crippen LogP contribution is -1.98. The number of hydrogen-bond donors (Lipinski definition) is 1. The molecule has 0 radical (unpaired) electrons. The van der Waals surface area contributed by atoms with Gasteiger partial charge in [0.1, 0.15) is 0 Å². The van der Waals surface area contributed by atoms with Crippen LogP contribution in [0.3, 0.4) is 0 Å². The van der Waals surface area contributed by atoms with Crippen molar-refractivity contribution in [1.82, 2.24) is 0 Å². The van der Waals surface area contributed by atoms with Gasteiger partial charge >= 0.3 is 5.97 Å². The minimum Gasteiger partial charge on any atom is -0.478 e. The summed E-state index contributed by atoms with van der Waals surface area (Å²) < 4.78 is 0. The summed E-state index contributed by atoms with van der Waals surface area (Å²) in [7, 11) is 0. The molecule has 0 aliphatic heterocycles. The molecule has 0 aliphatic rings. The SMILES string of the molecule is O=C(O)c1cccc(C(=O)Cl)c1. The van der Waals surface area contributed by atoms with Crippen molar-refractivity contribution in [2.75, 3.05) is 0 Å². The number of hydrogen-bond acceptors (Lipinski definition) is 2. The van der Waals surface area contributed by atoms with Crippen LogP contribution in [0.15, 0.2) is 24.3 Å². The quantitative estimate of drug-likeness (QED) is 0.713. The minimum absolute atomic E-state index is 0.0569. The lowest BCUT2D eigenvalue weighted by atomic mass is 10.1. The van der Waals surface area contributed by atoms with Crippen molar-refractivity contribution in [2.45, 2.75) is 0 Å². The second-order valence-corrected chi connectivity index (χ2v) is 2.50. The second kappa shape index (κ2) is 3.36. The van der Waals surface area contributed by atoms with Crippen LogP contribution in [-0.4, -0.2) is 16.3 Å². The molecule has 0 saturated carbocycles. The van der Waals surface area contributed by atoms with Gasteiger partial charge < -0.3 is 5.11 Å². The largest absolute Gasteiger partial charge is 0.478 e. The predicted octanol–water partition coefficient (Wildman–Crippen LogP) is 1.76. The van der Waals surface area contributed by atoms with Gasteiger partial charge in [-0.2, -0.15) is 0 Å². The Morgan fingerprint density at radius 1 is 1.25 bits per heavy atom. The Bertz CT molecular complexity index is 304. The van der Waals surface area contributed by atoms with Gasteiger partial charge in [0.05, 0.1) is 5.56 Å². The highest BCUT2D eigenvalue weighted by molar-refractivity contribution is 6.67. The molecule has 0 bridgehead atoms. The number of carboxylic acid groups (broad SMARTS) is 1. The van der Waals surface area contributed by atoms with Gasteiger partial charge in [-0.15, -0.1) is 0 Å². The highest BCUT2D eigenvalue weighted by Crippen LogP contribution is 2.07.